The number of non-ortho nitro benzene ring substituents is 1. The normalized spacial score (nSPS) is 14.4. The first kappa shape index (κ1) is 14.9. The summed E-state index contributed by atoms with van der Waals surface area (Å²) in [4.78, 5) is 22.6. The molecular formula is C19H12N2O4. The third kappa shape index (κ3) is 2.70. The molecule has 0 aliphatic carbocycles. The lowest BCUT2D eigenvalue weighted by Crippen LogP contribution is -2.03. The largest absolute Gasteiger partial charge is 0.457 e. The topological polar surface area (TPSA) is 85.4 Å². The second-order valence-electron chi connectivity index (χ2n) is 5.57. The number of para-hydroxylation sites is 1. The molecule has 0 radical (unpaired) electrons. The average molecular weight is 332 g/mol. The number of anilines is 1. The van der Waals surface area contributed by atoms with E-state index in [0.29, 0.717) is 22.7 Å². The van der Waals surface area contributed by atoms with Gasteiger partial charge in [0.2, 0.25) is 0 Å². The van der Waals surface area contributed by atoms with Crippen molar-refractivity contribution in [3.05, 3.63) is 82.1 Å². The highest BCUT2D eigenvalue weighted by Gasteiger charge is 2.23. The predicted molar refractivity (Wildman–Crippen MR) is 93.7 cm³/mol. The Morgan fingerprint density at radius 1 is 1.04 bits per heavy atom. The number of rotatable bonds is 3. The van der Waals surface area contributed by atoms with E-state index in [4.69, 9.17) is 4.42 Å². The molecule has 1 aliphatic heterocycles. The highest BCUT2D eigenvalue weighted by Crippen LogP contribution is 2.34. The molecule has 0 fully saturated rings. The van der Waals surface area contributed by atoms with Crippen molar-refractivity contribution in [1.29, 1.82) is 0 Å². The van der Waals surface area contributed by atoms with Gasteiger partial charge in [0.15, 0.2) is 0 Å². The number of nitro benzene ring substituents is 1. The van der Waals surface area contributed by atoms with Crippen LogP contribution in [0.3, 0.4) is 0 Å². The van der Waals surface area contributed by atoms with E-state index in [1.165, 1.54) is 12.1 Å². The van der Waals surface area contributed by atoms with Crippen LogP contribution in [0.5, 0.6) is 0 Å². The van der Waals surface area contributed by atoms with Gasteiger partial charge in [-0.3, -0.25) is 14.9 Å². The highest BCUT2D eigenvalue weighted by atomic mass is 16.6. The summed E-state index contributed by atoms with van der Waals surface area (Å²) in [6, 6.07) is 17.1. The summed E-state index contributed by atoms with van der Waals surface area (Å²) in [5.74, 6) is 0.820. The molecule has 4 rings (SSSR count). The van der Waals surface area contributed by atoms with Crippen LogP contribution in [0.15, 0.2) is 65.1 Å². The maximum absolute atomic E-state index is 12.1. The number of furan rings is 1. The Balaban J connectivity index is 1.70. The van der Waals surface area contributed by atoms with Gasteiger partial charge in [-0.15, -0.1) is 0 Å². The fourth-order valence-electron chi connectivity index (χ4n) is 2.78. The van der Waals surface area contributed by atoms with Gasteiger partial charge in [-0.1, -0.05) is 30.3 Å². The maximum Gasteiger partial charge on any atom is 0.270 e. The molecule has 1 aromatic heterocycles. The fraction of sp³-hybridized carbons (Fsp3) is 0. The predicted octanol–water partition coefficient (Wildman–Crippen LogP) is 4.35. The molecule has 2 heterocycles. The minimum Gasteiger partial charge on any atom is -0.457 e. The van der Waals surface area contributed by atoms with Gasteiger partial charge in [0.25, 0.3) is 11.6 Å². The van der Waals surface area contributed by atoms with Crippen LogP contribution < -0.4 is 5.32 Å². The number of hydrogen-bond acceptors (Lipinski definition) is 4. The van der Waals surface area contributed by atoms with Crippen LogP contribution in [-0.2, 0) is 4.79 Å². The van der Waals surface area contributed by atoms with Crippen molar-refractivity contribution in [3.8, 4) is 11.3 Å². The van der Waals surface area contributed by atoms with Gasteiger partial charge >= 0.3 is 0 Å². The van der Waals surface area contributed by atoms with E-state index in [2.05, 4.69) is 5.32 Å². The number of benzene rings is 2. The van der Waals surface area contributed by atoms with Crippen molar-refractivity contribution in [2.75, 3.05) is 5.32 Å². The summed E-state index contributed by atoms with van der Waals surface area (Å²) >= 11 is 0. The Kier molecular flexibility index (Phi) is 3.43. The minimum atomic E-state index is -0.449. The first-order valence-electron chi connectivity index (χ1n) is 7.59. The quantitative estimate of drug-likeness (QED) is 0.439. The number of nitro groups is 1. The Morgan fingerprint density at radius 2 is 1.88 bits per heavy atom. The van der Waals surface area contributed by atoms with Gasteiger partial charge in [-0.25, -0.2) is 0 Å². The SMILES string of the molecule is O=C1Nc2ccccc2C1=Cc1ccc(-c2cccc([N+](=O)[O-])c2)o1. The second kappa shape index (κ2) is 5.76. The van der Waals surface area contributed by atoms with Crippen molar-refractivity contribution >= 4 is 28.9 Å². The summed E-state index contributed by atoms with van der Waals surface area (Å²) in [6.07, 6.45) is 1.67. The molecule has 0 bridgehead atoms. The first-order chi connectivity index (χ1) is 12.1. The van der Waals surface area contributed by atoms with Gasteiger partial charge < -0.3 is 9.73 Å². The average Bonchev–Trinajstić information content (AvgIpc) is 3.21. The Morgan fingerprint density at radius 3 is 2.72 bits per heavy atom. The van der Waals surface area contributed by atoms with E-state index in [0.717, 1.165) is 11.3 Å². The van der Waals surface area contributed by atoms with Crippen molar-refractivity contribution in [2.45, 2.75) is 0 Å². The minimum absolute atomic E-state index is 0.00194. The van der Waals surface area contributed by atoms with E-state index >= 15 is 0 Å². The highest BCUT2D eigenvalue weighted by molar-refractivity contribution is 6.34. The third-order valence-corrected chi connectivity index (χ3v) is 3.96. The smallest absolute Gasteiger partial charge is 0.270 e. The lowest BCUT2D eigenvalue weighted by Gasteiger charge is -1.98. The van der Waals surface area contributed by atoms with Gasteiger partial charge in [0.05, 0.1) is 10.5 Å². The maximum atomic E-state index is 12.1. The van der Waals surface area contributed by atoms with Gasteiger partial charge in [-0.05, 0) is 24.3 Å². The lowest BCUT2D eigenvalue weighted by atomic mass is 10.1. The molecule has 0 atom stereocenters. The molecule has 1 N–H and O–H groups in total. The lowest BCUT2D eigenvalue weighted by molar-refractivity contribution is -0.384. The number of nitrogens with zero attached hydrogens (tertiary/aromatic N) is 1. The molecular weight excluding hydrogens is 320 g/mol. The molecule has 25 heavy (non-hydrogen) atoms. The zero-order valence-corrected chi connectivity index (χ0v) is 12.9. The number of carbonyl (C=O) groups is 1. The molecule has 1 aliphatic rings. The van der Waals surface area contributed by atoms with E-state index in [9.17, 15) is 14.9 Å². The van der Waals surface area contributed by atoms with Crippen molar-refractivity contribution in [3.63, 3.8) is 0 Å². The van der Waals surface area contributed by atoms with Crippen LogP contribution in [0, 0.1) is 10.1 Å². The summed E-state index contributed by atoms with van der Waals surface area (Å²) in [5, 5.41) is 13.7. The molecule has 0 saturated carbocycles. The zero-order chi connectivity index (χ0) is 17.4. The van der Waals surface area contributed by atoms with Crippen molar-refractivity contribution in [1.82, 2.24) is 0 Å². The summed E-state index contributed by atoms with van der Waals surface area (Å²) < 4.78 is 5.75. The summed E-state index contributed by atoms with van der Waals surface area (Å²) in [6.45, 7) is 0. The molecule has 3 aromatic rings. The fourth-order valence-corrected chi connectivity index (χ4v) is 2.78. The summed E-state index contributed by atoms with van der Waals surface area (Å²) in [5.41, 5.74) is 2.72. The van der Waals surface area contributed by atoms with E-state index < -0.39 is 4.92 Å². The number of fused-ring (bicyclic) bond motifs is 1. The molecule has 6 heteroatoms. The van der Waals surface area contributed by atoms with E-state index in [-0.39, 0.29) is 11.6 Å². The monoisotopic (exact) mass is 332 g/mol. The molecule has 6 nitrogen and oxygen atoms in total. The van der Waals surface area contributed by atoms with Gasteiger partial charge in [0.1, 0.15) is 11.5 Å². The molecule has 0 spiro atoms. The number of amides is 1. The van der Waals surface area contributed by atoms with Crippen LogP contribution in [0.25, 0.3) is 23.0 Å². The molecule has 1 amide bonds. The Bertz CT molecular complexity index is 1030. The standard InChI is InChI=1S/C19H12N2O4/c22-19-16(15-6-1-2-7-17(15)20-19)11-14-8-9-18(25-14)12-4-3-5-13(10-12)21(23)24/h1-11H,(H,20,22). The van der Waals surface area contributed by atoms with E-state index in [1.807, 2.05) is 24.3 Å². The molecule has 0 unspecified atom stereocenters. The van der Waals surface area contributed by atoms with Crippen molar-refractivity contribution < 1.29 is 14.1 Å². The second-order valence-corrected chi connectivity index (χ2v) is 5.57. The molecule has 2 aromatic carbocycles. The van der Waals surface area contributed by atoms with Crippen molar-refractivity contribution in [2.24, 2.45) is 0 Å². The van der Waals surface area contributed by atoms with Crippen LogP contribution in [-0.4, -0.2) is 10.8 Å². The Hall–Kier alpha value is -3.67. The van der Waals surface area contributed by atoms with Gasteiger partial charge in [0, 0.05) is 28.9 Å². The Labute approximate surface area is 142 Å². The van der Waals surface area contributed by atoms with Crippen LogP contribution in [0.1, 0.15) is 11.3 Å². The number of carbonyl (C=O) groups excluding carboxylic acids is 1. The third-order valence-electron chi connectivity index (χ3n) is 3.96. The molecule has 0 saturated heterocycles. The first-order valence-corrected chi connectivity index (χ1v) is 7.59. The van der Waals surface area contributed by atoms with E-state index in [1.54, 1.807) is 30.3 Å². The van der Waals surface area contributed by atoms with Crippen LogP contribution in [0.4, 0.5) is 11.4 Å². The van der Waals surface area contributed by atoms with Crippen LogP contribution >= 0.6 is 0 Å². The van der Waals surface area contributed by atoms with Gasteiger partial charge in [-0.2, -0.15) is 0 Å². The number of hydrogen-bond donors (Lipinski definition) is 1. The number of nitrogens with one attached hydrogen (secondary N) is 1. The molecule has 122 valence electrons. The zero-order valence-electron chi connectivity index (χ0n) is 12.9. The summed E-state index contributed by atoms with van der Waals surface area (Å²) in [7, 11) is 0. The van der Waals surface area contributed by atoms with Crippen LogP contribution in [0.2, 0.25) is 0 Å².